The maximum Gasteiger partial charge on any atom is 0.203 e. The van der Waals surface area contributed by atoms with Gasteiger partial charge in [-0.2, -0.15) is 5.10 Å². The van der Waals surface area contributed by atoms with Crippen molar-refractivity contribution >= 4 is 22.2 Å². The van der Waals surface area contributed by atoms with Gasteiger partial charge >= 0.3 is 0 Å². The number of aryl methyl sites for hydroxylation is 1. The average Bonchev–Trinajstić information content (AvgIpc) is 3.03. The zero-order valence-electron chi connectivity index (χ0n) is 12.9. The number of aromatic nitrogens is 1. The summed E-state index contributed by atoms with van der Waals surface area (Å²) >= 11 is 1.50. The molecule has 5 heteroatoms. The van der Waals surface area contributed by atoms with Crippen molar-refractivity contribution in [1.82, 2.24) is 4.98 Å². The van der Waals surface area contributed by atoms with Gasteiger partial charge in [0, 0.05) is 16.5 Å². The summed E-state index contributed by atoms with van der Waals surface area (Å²) in [6, 6.07) is 15.4. The minimum atomic E-state index is 0.218. The number of benzene rings is 2. The lowest BCUT2D eigenvalue weighted by molar-refractivity contribution is 0.474. The van der Waals surface area contributed by atoms with Gasteiger partial charge in [0.25, 0.3) is 0 Å². The second-order valence-electron chi connectivity index (χ2n) is 5.23. The van der Waals surface area contributed by atoms with Gasteiger partial charge in [-0.3, -0.25) is 5.43 Å². The van der Waals surface area contributed by atoms with E-state index in [1.807, 2.05) is 24.4 Å². The lowest BCUT2D eigenvalue weighted by Gasteiger charge is -2.03. The quantitative estimate of drug-likeness (QED) is 0.542. The van der Waals surface area contributed by atoms with Crippen molar-refractivity contribution in [3.05, 3.63) is 65.0 Å². The molecule has 0 aliphatic rings. The molecule has 2 N–H and O–H groups in total. The smallest absolute Gasteiger partial charge is 0.203 e. The van der Waals surface area contributed by atoms with E-state index < -0.39 is 0 Å². The first kappa shape index (κ1) is 15.2. The molecular weight excluding hydrogens is 306 g/mol. The summed E-state index contributed by atoms with van der Waals surface area (Å²) in [6.45, 7) is 3.91. The van der Waals surface area contributed by atoms with Crippen LogP contribution in [0.25, 0.3) is 11.3 Å². The zero-order valence-corrected chi connectivity index (χ0v) is 13.8. The van der Waals surface area contributed by atoms with Gasteiger partial charge in [-0.05, 0) is 26.0 Å². The number of para-hydroxylation sites is 1. The molecule has 116 valence electrons. The molecule has 0 spiro atoms. The van der Waals surface area contributed by atoms with Gasteiger partial charge in [0.15, 0.2) is 0 Å². The van der Waals surface area contributed by atoms with Gasteiger partial charge in [-0.1, -0.05) is 42.0 Å². The van der Waals surface area contributed by atoms with Crippen molar-refractivity contribution in [2.75, 3.05) is 5.43 Å². The summed E-state index contributed by atoms with van der Waals surface area (Å²) in [5.74, 6) is 0.218. The van der Waals surface area contributed by atoms with E-state index in [0.29, 0.717) is 11.3 Å². The fraction of sp³-hybridized carbons (Fsp3) is 0.111. The number of hydrogen-bond acceptors (Lipinski definition) is 5. The highest BCUT2D eigenvalue weighted by Gasteiger charge is 2.06. The highest BCUT2D eigenvalue weighted by atomic mass is 32.1. The van der Waals surface area contributed by atoms with Crippen molar-refractivity contribution in [3.8, 4) is 17.0 Å². The molecule has 0 aliphatic heterocycles. The summed E-state index contributed by atoms with van der Waals surface area (Å²) < 4.78 is 0. The third-order valence-electron chi connectivity index (χ3n) is 3.46. The number of anilines is 1. The molecule has 0 bridgehead atoms. The Bertz CT molecular complexity index is 837. The summed E-state index contributed by atoms with van der Waals surface area (Å²) in [4.78, 5) is 4.54. The standard InChI is InChI=1S/C18H17N3OS/c1-12-7-9-14(10-8-12)16-11-23-18(19-16)21-20-13(2)15-5-3-4-6-17(15)22/h3-11,22H,1-2H3,(H,19,21)/b20-13+. The van der Waals surface area contributed by atoms with Crippen molar-refractivity contribution in [2.24, 2.45) is 5.10 Å². The monoisotopic (exact) mass is 323 g/mol. The third-order valence-corrected chi connectivity index (χ3v) is 4.21. The molecule has 4 nitrogen and oxygen atoms in total. The number of rotatable bonds is 4. The second-order valence-corrected chi connectivity index (χ2v) is 6.09. The molecule has 1 aromatic heterocycles. The van der Waals surface area contributed by atoms with Gasteiger partial charge in [0.1, 0.15) is 5.75 Å². The fourth-order valence-electron chi connectivity index (χ4n) is 2.15. The fourth-order valence-corrected chi connectivity index (χ4v) is 2.81. The molecule has 0 unspecified atom stereocenters. The van der Waals surface area contributed by atoms with Crippen LogP contribution >= 0.6 is 11.3 Å². The Hall–Kier alpha value is -2.66. The number of nitrogens with one attached hydrogen (secondary N) is 1. The molecule has 1 heterocycles. The van der Waals surface area contributed by atoms with Crippen molar-refractivity contribution in [2.45, 2.75) is 13.8 Å². The second kappa shape index (κ2) is 6.62. The number of hydrogen-bond donors (Lipinski definition) is 2. The van der Waals surface area contributed by atoms with Gasteiger partial charge < -0.3 is 5.11 Å². The van der Waals surface area contributed by atoms with Crippen LogP contribution in [0.3, 0.4) is 0 Å². The predicted octanol–water partition coefficient (Wildman–Crippen LogP) is 4.66. The molecule has 2 aromatic carbocycles. The van der Waals surface area contributed by atoms with Crippen LogP contribution in [0.4, 0.5) is 5.13 Å². The lowest BCUT2D eigenvalue weighted by Crippen LogP contribution is -1.99. The van der Waals surface area contributed by atoms with Gasteiger partial charge in [0.05, 0.1) is 11.4 Å². The number of hydrazone groups is 1. The number of nitrogens with zero attached hydrogens (tertiary/aromatic N) is 2. The molecule has 0 saturated carbocycles. The molecule has 3 rings (SSSR count). The Morgan fingerprint density at radius 1 is 1.13 bits per heavy atom. The number of aromatic hydroxyl groups is 1. The first-order chi connectivity index (χ1) is 11.1. The third kappa shape index (κ3) is 3.57. The number of thiazole rings is 1. The molecule has 3 aromatic rings. The minimum Gasteiger partial charge on any atom is -0.507 e. The Morgan fingerprint density at radius 3 is 2.61 bits per heavy atom. The first-order valence-electron chi connectivity index (χ1n) is 7.25. The van der Waals surface area contributed by atoms with Gasteiger partial charge in [-0.25, -0.2) is 4.98 Å². The molecule has 23 heavy (non-hydrogen) atoms. The maximum atomic E-state index is 9.83. The largest absolute Gasteiger partial charge is 0.507 e. The summed E-state index contributed by atoms with van der Waals surface area (Å²) in [6.07, 6.45) is 0. The molecular formula is C18H17N3OS. The van der Waals surface area contributed by atoms with Crippen LogP contribution in [0.5, 0.6) is 5.75 Å². The molecule has 0 aliphatic carbocycles. The van der Waals surface area contributed by atoms with Crippen LogP contribution in [-0.4, -0.2) is 15.8 Å². The highest BCUT2D eigenvalue weighted by Crippen LogP contribution is 2.25. The maximum absolute atomic E-state index is 9.83. The SMILES string of the molecule is C/C(=N\Nc1nc(-c2ccc(C)cc2)cs1)c1ccccc1O. The highest BCUT2D eigenvalue weighted by molar-refractivity contribution is 7.14. The van der Waals surface area contributed by atoms with E-state index >= 15 is 0 Å². The van der Waals surface area contributed by atoms with Crippen molar-refractivity contribution < 1.29 is 5.11 Å². The van der Waals surface area contributed by atoms with Crippen LogP contribution in [0.1, 0.15) is 18.1 Å². The number of phenolic OH excluding ortho intramolecular Hbond substituents is 1. The molecule has 0 saturated heterocycles. The number of phenols is 1. The van der Waals surface area contributed by atoms with Crippen LogP contribution in [0.2, 0.25) is 0 Å². The topological polar surface area (TPSA) is 57.5 Å². The lowest BCUT2D eigenvalue weighted by atomic mass is 10.1. The first-order valence-corrected chi connectivity index (χ1v) is 8.12. The van der Waals surface area contributed by atoms with Crippen LogP contribution < -0.4 is 5.43 Å². The predicted molar refractivity (Wildman–Crippen MR) is 96.2 cm³/mol. The minimum absolute atomic E-state index is 0.218. The zero-order chi connectivity index (χ0) is 16.2. The summed E-state index contributed by atoms with van der Waals surface area (Å²) in [7, 11) is 0. The van der Waals surface area contributed by atoms with Gasteiger partial charge in [-0.15, -0.1) is 11.3 Å². The molecule has 0 amide bonds. The Kier molecular flexibility index (Phi) is 4.39. The van der Waals surface area contributed by atoms with Crippen molar-refractivity contribution in [3.63, 3.8) is 0 Å². The van der Waals surface area contributed by atoms with E-state index in [9.17, 15) is 5.11 Å². The van der Waals surface area contributed by atoms with Crippen LogP contribution in [0, 0.1) is 6.92 Å². The van der Waals surface area contributed by atoms with E-state index in [2.05, 4.69) is 46.7 Å². The Labute approximate surface area is 139 Å². The normalized spacial score (nSPS) is 11.5. The average molecular weight is 323 g/mol. The Balaban J connectivity index is 1.75. The Morgan fingerprint density at radius 2 is 1.87 bits per heavy atom. The molecule has 0 atom stereocenters. The van der Waals surface area contributed by atoms with Crippen LogP contribution in [0.15, 0.2) is 59.0 Å². The van der Waals surface area contributed by atoms with E-state index in [1.54, 1.807) is 12.1 Å². The molecule has 0 fully saturated rings. The van der Waals surface area contributed by atoms with Crippen molar-refractivity contribution in [1.29, 1.82) is 0 Å². The van der Waals surface area contributed by atoms with Crippen LogP contribution in [-0.2, 0) is 0 Å². The van der Waals surface area contributed by atoms with Gasteiger partial charge in [0.2, 0.25) is 5.13 Å². The van der Waals surface area contributed by atoms with E-state index in [0.717, 1.165) is 16.4 Å². The van der Waals surface area contributed by atoms with E-state index in [1.165, 1.54) is 16.9 Å². The van der Waals surface area contributed by atoms with E-state index in [4.69, 9.17) is 0 Å². The summed E-state index contributed by atoms with van der Waals surface area (Å²) in [5, 5.41) is 16.8. The molecule has 0 radical (unpaired) electrons. The van der Waals surface area contributed by atoms with E-state index in [-0.39, 0.29) is 5.75 Å². The summed E-state index contributed by atoms with van der Waals surface area (Å²) in [5.41, 5.74) is 7.60.